The smallest absolute Gasteiger partial charge is 0.324 e. The Bertz CT molecular complexity index is 202. The van der Waals surface area contributed by atoms with Crippen molar-refractivity contribution in [2.75, 3.05) is 33.0 Å². The molecule has 0 aromatic rings. The van der Waals surface area contributed by atoms with Gasteiger partial charge in [0.2, 0.25) is 0 Å². The molecule has 0 radical (unpaired) electrons. The van der Waals surface area contributed by atoms with Crippen LogP contribution in [0.5, 0.6) is 0 Å². The van der Waals surface area contributed by atoms with Crippen LogP contribution in [0.25, 0.3) is 0 Å². The maximum absolute atomic E-state index is 11.2. The van der Waals surface area contributed by atoms with Gasteiger partial charge in [-0.15, -0.1) is 0 Å². The van der Waals surface area contributed by atoms with E-state index >= 15 is 0 Å². The van der Waals surface area contributed by atoms with E-state index in [1.54, 1.807) is 0 Å². The van der Waals surface area contributed by atoms with Crippen molar-refractivity contribution in [1.82, 2.24) is 5.32 Å². The number of carboxylic acid groups (broad SMARTS) is 1. The molecule has 0 aromatic heterocycles. The quantitative estimate of drug-likeness (QED) is 0.624. The molecule has 1 saturated heterocycles. The largest absolute Gasteiger partial charge is 0.480 e. The fourth-order valence-electron chi connectivity index (χ4n) is 1.69. The summed E-state index contributed by atoms with van der Waals surface area (Å²) in [6, 6.07) is 0. The van der Waals surface area contributed by atoms with Gasteiger partial charge in [-0.3, -0.25) is 10.1 Å². The molecule has 0 amide bonds. The number of hydrogen-bond acceptors (Lipinski definition) is 4. The molecule has 2 N–H and O–H groups in total. The molecule has 88 valence electrons. The van der Waals surface area contributed by atoms with Gasteiger partial charge in [0.05, 0.1) is 6.61 Å². The number of carbonyl (C=O) groups is 1. The third-order valence-electron chi connectivity index (χ3n) is 2.67. The van der Waals surface area contributed by atoms with E-state index in [1.807, 2.05) is 6.92 Å². The van der Waals surface area contributed by atoms with E-state index in [1.165, 1.54) is 0 Å². The highest BCUT2D eigenvalue weighted by Crippen LogP contribution is 2.20. The van der Waals surface area contributed by atoms with E-state index in [4.69, 9.17) is 9.47 Å². The van der Waals surface area contributed by atoms with Crippen LogP contribution in [-0.4, -0.2) is 49.6 Å². The molecule has 0 saturated carbocycles. The van der Waals surface area contributed by atoms with Crippen molar-refractivity contribution in [2.24, 2.45) is 0 Å². The lowest BCUT2D eigenvalue weighted by atomic mass is 9.90. The second-order valence-electron chi connectivity index (χ2n) is 3.62. The average Bonchev–Trinajstić information content (AvgIpc) is 2.26. The van der Waals surface area contributed by atoms with Crippen LogP contribution >= 0.6 is 0 Å². The van der Waals surface area contributed by atoms with Gasteiger partial charge in [-0.25, -0.2) is 0 Å². The topological polar surface area (TPSA) is 67.8 Å². The van der Waals surface area contributed by atoms with Crippen molar-refractivity contribution >= 4 is 5.97 Å². The van der Waals surface area contributed by atoms with E-state index in [0.29, 0.717) is 45.8 Å². The van der Waals surface area contributed by atoms with Gasteiger partial charge in [-0.1, -0.05) is 0 Å². The molecule has 1 aliphatic rings. The van der Waals surface area contributed by atoms with Gasteiger partial charge in [-0.05, 0) is 19.8 Å². The molecule has 0 atom stereocenters. The van der Waals surface area contributed by atoms with Gasteiger partial charge in [0, 0.05) is 26.4 Å². The first-order valence-electron chi connectivity index (χ1n) is 5.35. The molecule has 1 rings (SSSR count). The monoisotopic (exact) mass is 217 g/mol. The highest BCUT2D eigenvalue weighted by molar-refractivity contribution is 5.78. The summed E-state index contributed by atoms with van der Waals surface area (Å²) in [7, 11) is 0. The van der Waals surface area contributed by atoms with Gasteiger partial charge in [0.1, 0.15) is 5.54 Å². The van der Waals surface area contributed by atoms with Gasteiger partial charge >= 0.3 is 5.97 Å². The van der Waals surface area contributed by atoms with Gasteiger partial charge < -0.3 is 14.6 Å². The number of ether oxygens (including phenoxy) is 2. The standard InChI is InChI=1S/C10H19NO4/c1-2-14-8-5-11-10(9(12)13)3-6-15-7-4-10/h11H,2-8H2,1H3,(H,12,13). The van der Waals surface area contributed by atoms with Crippen LogP contribution in [-0.2, 0) is 14.3 Å². The lowest BCUT2D eigenvalue weighted by Crippen LogP contribution is -2.56. The predicted molar refractivity (Wildman–Crippen MR) is 54.9 cm³/mol. The third-order valence-corrected chi connectivity index (χ3v) is 2.67. The molecule has 5 heteroatoms. The summed E-state index contributed by atoms with van der Waals surface area (Å²) >= 11 is 0. The summed E-state index contributed by atoms with van der Waals surface area (Å²) in [4.78, 5) is 11.2. The number of rotatable bonds is 6. The van der Waals surface area contributed by atoms with E-state index in [9.17, 15) is 9.90 Å². The van der Waals surface area contributed by atoms with Gasteiger partial charge in [0.15, 0.2) is 0 Å². The van der Waals surface area contributed by atoms with Crippen molar-refractivity contribution in [3.8, 4) is 0 Å². The van der Waals surface area contributed by atoms with E-state index in [0.717, 1.165) is 0 Å². The SMILES string of the molecule is CCOCCNC1(C(=O)O)CCOCC1. The van der Waals surface area contributed by atoms with Crippen molar-refractivity contribution in [3.63, 3.8) is 0 Å². The lowest BCUT2D eigenvalue weighted by molar-refractivity contribution is -0.149. The maximum Gasteiger partial charge on any atom is 0.324 e. The summed E-state index contributed by atoms with van der Waals surface area (Å²) in [5.74, 6) is -0.790. The van der Waals surface area contributed by atoms with E-state index in [-0.39, 0.29) is 0 Å². The molecular formula is C10H19NO4. The summed E-state index contributed by atoms with van der Waals surface area (Å²) in [5.41, 5.74) is -0.810. The summed E-state index contributed by atoms with van der Waals surface area (Å²) in [6.07, 6.45) is 1.04. The zero-order valence-corrected chi connectivity index (χ0v) is 9.12. The van der Waals surface area contributed by atoms with E-state index in [2.05, 4.69) is 5.32 Å². The zero-order chi connectivity index (χ0) is 11.1. The Hall–Kier alpha value is -0.650. The normalized spacial score (nSPS) is 20.1. The highest BCUT2D eigenvalue weighted by atomic mass is 16.5. The lowest BCUT2D eigenvalue weighted by Gasteiger charge is -2.34. The van der Waals surface area contributed by atoms with Crippen LogP contribution < -0.4 is 5.32 Å². The molecular weight excluding hydrogens is 198 g/mol. The van der Waals surface area contributed by atoms with Gasteiger partial charge in [-0.2, -0.15) is 0 Å². The van der Waals surface area contributed by atoms with Crippen LogP contribution in [0, 0.1) is 0 Å². The van der Waals surface area contributed by atoms with Crippen molar-refractivity contribution in [2.45, 2.75) is 25.3 Å². The number of hydrogen-bond donors (Lipinski definition) is 2. The van der Waals surface area contributed by atoms with Crippen molar-refractivity contribution in [1.29, 1.82) is 0 Å². The first kappa shape index (κ1) is 12.4. The van der Waals surface area contributed by atoms with Crippen LogP contribution in [0.15, 0.2) is 0 Å². The predicted octanol–water partition coefficient (Wildman–Crippen LogP) is 0.246. The molecule has 1 fully saturated rings. The Morgan fingerprint density at radius 3 is 2.73 bits per heavy atom. The van der Waals surface area contributed by atoms with Crippen LogP contribution in [0.1, 0.15) is 19.8 Å². The summed E-state index contributed by atoms with van der Waals surface area (Å²) < 4.78 is 10.3. The third kappa shape index (κ3) is 3.44. The first-order chi connectivity index (χ1) is 7.21. The van der Waals surface area contributed by atoms with Crippen LogP contribution in [0.4, 0.5) is 0 Å². The number of aliphatic carboxylic acids is 1. The Kier molecular flexibility index (Phi) is 5.01. The van der Waals surface area contributed by atoms with Crippen molar-refractivity contribution < 1.29 is 19.4 Å². The van der Waals surface area contributed by atoms with E-state index < -0.39 is 11.5 Å². The summed E-state index contributed by atoms with van der Waals surface area (Å²) in [6.45, 7) is 4.71. The minimum absolute atomic E-state index is 0.508. The fourth-order valence-corrected chi connectivity index (χ4v) is 1.69. The molecule has 0 bridgehead atoms. The Morgan fingerprint density at radius 2 is 2.20 bits per heavy atom. The highest BCUT2D eigenvalue weighted by Gasteiger charge is 2.39. The average molecular weight is 217 g/mol. The molecule has 0 unspecified atom stereocenters. The molecule has 1 aliphatic heterocycles. The van der Waals surface area contributed by atoms with Crippen LogP contribution in [0.3, 0.4) is 0 Å². The Balaban J connectivity index is 2.39. The molecule has 5 nitrogen and oxygen atoms in total. The number of carboxylic acids is 1. The number of nitrogens with one attached hydrogen (secondary N) is 1. The van der Waals surface area contributed by atoms with Crippen molar-refractivity contribution in [3.05, 3.63) is 0 Å². The second kappa shape index (κ2) is 6.05. The maximum atomic E-state index is 11.2. The fraction of sp³-hybridized carbons (Fsp3) is 0.900. The second-order valence-corrected chi connectivity index (χ2v) is 3.62. The Labute approximate surface area is 89.8 Å². The minimum Gasteiger partial charge on any atom is -0.480 e. The minimum atomic E-state index is -0.810. The van der Waals surface area contributed by atoms with Crippen LogP contribution in [0.2, 0.25) is 0 Å². The Morgan fingerprint density at radius 1 is 1.53 bits per heavy atom. The first-order valence-corrected chi connectivity index (χ1v) is 5.35. The zero-order valence-electron chi connectivity index (χ0n) is 9.12. The summed E-state index contributed by atoms with van der Waals surface area (Å²) in [5, 5.41) is 12.3. The molecule has 1 heterocycles. The van der Waals surface area contributed by atoms with Gasteiger partial charge in [0.25, 0.3) is 0 Å². The molecule has 0 spiro atoms. The molecule has 15 heavy (non-hydrogen) atoms. The molecule has 0 aromatic carbocycles. The molecule has 0 aliphatic carbocycles.